The van der Waals surface area contributed by atoms with Crippen LogP contribution in [0.4, 0.5) is 5.69 Å². The molecule has 1 aromatic carbocycles. The largest absolute Gasteiger partial charge is 0.398 e. The van der Waals surface area contributed by atoms with E-state index in [1.54, 1.807) is 30.0 Å². The Kier molecular flexibility index (Phi) is 5.85. The van der Waals surface area contributed by atoms with E-state index in [0.717, 1.165) is 10.9 Å². The smallest absolute Gasteiger partial charge is 0.251 e. The molecule has 1 aromatic rings. The third-order valence-corrected chi connectivity index (χ3v) is 4.26. The summed E-state index contributed by atoms with van der Waals surface area (Å²) in [6.07, 6.45) is 3.04. The van der Waals surface area contributed by atoms with Crippen molar-refractivity contribution in [1.29, 1.82) is 0 Å². The topological polar surface area (TPSA) is 55.1 Å². The Hall–Kier alpha value is -0.680. The van der Waals surface area contributed by atoms with Gasteiger partial charge in [0.1, 0.15) is 0 Å². The van der Waals surface area contributed by atoms with E-state index >= 15 is 0 Å². The van der Waals surface area contributed by atoms with Gasteiger partial charge in [0.2, 0.25) is 0 Å². The summed E-state index contributed by atoms with van der Waals surface area (Å²) in [7, 11) is 0. The number of nitrogens with two attached hydrogens (primary N) is 1. The van der Waals surface area contributed by atoms with Gasteiger partial charge in [0.25, 0.3) is 5.91 Å². The minimum Gasteiger partial charge on any atom is -0.398 e. The molecule has 0 saturated heterocycles. The lowest BCUT2D eigenvalue weighted by atomic mass is 10.2. The van der Waals surface area contributed by atoms with Crippen molar-refractivity contribution in [3.8, 4) is 0 Å². The Bertz CT molecular complexity index is 398. The quantitative estimate of drug-likeness (QED) is 0.821. The predicted molar refractivity (Wildman–Crippen MR) is 78.5 cm³/mol. The second-order valence-corrected chi connectivity index (χ2v) is 5.96. The molecule has 0 heterocycles. The molecule has 3 N–H and O–H groups in total. The van der Waals surface area contributed by atoms with Crippen molar-refractivity contribution in [3.63, 3.8) is 0 Å². The number of carbonyl (C=O) groups is 1. The van der Waals surface area contributed by atoms with Crippen LogP contribution in [0.15, 0.2) is 22.7 Å². The van der Waals surface area contributed by atoms with E-state index in [4.69, 9.17) is 5.73 Å². The number of halogens is 1. The number of nitrogen functional groups attached to an aromatic ring is 1. The van der Waals surface area contributed by atoms with Crippen LogP contribution >= 0.6 is 27.7 Å². The minimum atomic E-state index is -0.0718. The summed E-state index contributed by atoms with van der Waals surface area (Å²) in [5, 5.41) is 3.45. The number of hydrogen-bond acceptors (Lipinski definition) is 3. The van der Waals surface area contributed by atoms with E-state index in [-0.39, 0.29) is 5.91 Å². The molecule has 3 nitrogen and oxygen atoms in total. The van der Waals surface area contributed by atoms with Gasteiger partial charge in [-0.3, -0.25) is 4.79 Å². The summed E-state index contributed by atoms with van der Waals surface area (Å²) < 4.78 is 0.810. The fourth-order valence-corrected chi connectivity index (χ4v) is 1.89. The van der Waals surface area contributed by atoms with Gasteiger partial charge in [-0.25, -0.2) is 0 Å². The molecule has 0 aliphatic rings. The number of rotatable bonds is 5. The molecule has 0 aliphatic carbocycles. The highest BCUT2D eigenvalue weighted by Gasteiger charge is 2.07. The third-order valence-electron chi connectivity index (χ3n) is 2.50. The summed E-state index contributed by atoms with van der Waals surface area (Å²) >= 11 is 5.10. The van der Waals surface area contributed by atoms with Gasteiger partial charge >= 0.3 is 0 Å². The lowest BCUT2D eigenvalue weighted by Gasteiger charge is -2.09. The second-order valence-electron chi connectivity index (χ2n) is 3.83. The highest BCUT2D eigenvalue weighted by Crippen LogP contribution is 2.20. The van der Waals surface area contributed by atoms with E-state index in [0.29, 0.717) is 23.0 Å². The fraction of sp³-hybridized carbons (Fsp3) is 0.417. The van der Waals surface area contributed by atoms with Crippen molar-refractivity contribution in [3.05, 3.63) is 28.2 Å². The van der Waals surface area contributed by atoms with E-state index in [1.165, 1.54) is 0 Å². The molecule has 1 amide bonds. The molecule has 0 aromatic heterocycles. The molecule has 0 aliphatic heterocycles. The maximum atomic E-state index is 11.8. The second kappa shape index (κ2) is 6.91. The highest BCUT2D eigenvalue weighted by atomic mass is 79.9. The first-order valence-electron chi connectivity index (χ1n) is 5.40. The zero-order valence-electron chi connectivity index (χ0n) is 10.00. The number of anilines is 1. The minimum absolute atomic E-state index is 0.0718. The SMILES string of the molecule is CSC(C)CCNC(=O)c1ccc(Br)c(N)c1. The number of benzene rings is 1. The van der Waals surface area contributed by atoms with Crippen LogP contribution in [-0.2, 0) is 0 Å². The van der Waals surface area contributed by atoms with Crippen molar-refractivity contribution < 1.29 is 4.79 Å². The van der Waals surface area contributed by atoms with Crippen LogP contribution in [0.2, 0.25) is 0 Å². The first-order valence-corrected chi connectivity index (χ1v) is 7.48. The van der Waals surface area contributed by atoms with Gasteiger partial charge in [-0.05, 0) is 46.8 Å². The summed E-state index contributed by atoms with van der Waals surface area (Å²) in [6, 6.07) is 5.22. The Balaban J connectivity index is 2.50. The van der Waals surface area contributed by atoms with Crippen molar-refractivity contribution in [2.75, 3.05) is 18.5 Å². The summed E-state index contributed by atoms with van der Waals surface area (Å²) in [4.78, 5) is 11.8. The van der Waals surface area contributed by atoms with Crippen LogP contribution in [0, 0.1) is 0 Å². The number of amides is 1. The summed E-state index contributed by atoms with van der Waals surface area (Å²) in [6.45, 7) is 2.84. The standard InChI is InChI=1S/C12H17BrN2OS/c1-8(17-2)5-6-15-12(16)9-3-4-10(13)11(14)7-9/h3-4,7-8H,5-6,14H2,1-2H3,(H,15,16). The highest BCUT2D eigenvalue weighted by molar-refractivity contribution is 9.10. The molecular formula is C12H17BrN2OS. The average Bonchev–Trinajstić information content (AvgIpc) is 2.32. The molecule has 0 fully saturated rings. The van der Waals surface area contributed by atoms with Crippen molar-refractivity contribution in [2.24, 2.45) is 0 Å². The van der Waals surface area contributed by atoms with Crippen LogP contribution < -0.4 is 11.1 Å². The normalized spacial score (nSPS) is 12.2. The van der Waals surface area contributed by atoms with Gasteiger partial charge in [0.05, 0.1) is 0 Å². The zero-order chi connectivity index (χ0) is 12.8. The Morgan fingerprint density at radius 2 is 2.29 bits per heavy atom. The summed E-state index contributed by atoms with van der Waals surface area (Å²) in [5.41, 5.74) is 6.91. The molecule has 0 bridgehead atoms. The van der Waals surface area contributed by atoms with E-state index in [9.17, 15) is 4.79 Å². The first-order chi connectivity index (χ1) is 8.04. The third kappa shape index (κ3) is 4.60. The van der Waals surface area contributed by atoms with Crippen LogP contribution in [0.25, 0.3) is 0 Å². The zero-order valence-corrected chi connectivity index (χ0v) is 12.4. The Morgan fingerprint density at radius 1 is 1.59 bits per heavy atom. The average molecular weight is 317 g/mol. The van der Waals surface area contributed by atoms with Gasteiger partial charge in [0, 0.05) is 27.5 Å². The van der Waals surface area contributed by atoms with Crippen molar-refractivity contribution in [2.45, 2.75) is 18.6 Å². The van der Waals surface area contributed by atoms with Gasteiger partial charge in [-0.2, -0.15) is 11.8 Å². The molecule has 0 spiro atoms. The van der Waals surface area contributed by atoms with Gasteiger partial charge in [-0.1, -0.05) is 6.92 Å². The van der Waals surface area contributed by atoms with Crippen molar-refractivity contribution in [1.82, 2.24) is 5.32 Å². The molecule has 17 heavy (non-hydrogen) atoms. The number of nitrogens with one attached hydrogen (secondary N) is 1. The Labute approximate surface area is 115 Å². The van der Waals surface area contributed by atoms with E-state index in [1.807, 2.05) is 0 Å². The van der Waals surface area contributed by atoms with Crippen LogP contribution in [0.3, 0.4) is 0 Å². The first kappa shape index (κ1) is 14.4. The maximum Gasteiger partial charge on any atom is 0.251 e. The van der Waals surface area contributed by atoms with E-state index in [2.05, 4.69) is 34.4 Å². The molecule has 1 rings (SSSR count). The number of carbonyl (C=O) groups excluding carboxylic acids is 1. The Morgan fingerprint density at radius 3 is 2.88 bits per heavy atom. The lowest BCUT2D eigenvalue weighted by Crippen LogP contribution is -2.26. The molecule has 0 radical (unpaired) electrons. The number of thioether (sulfide) groups is 1. The molecule has 5 heteroatoms. The molecule has 1 atom stereocenters. The molecule has 94 valence electrons. The van der Waals surface area contributed by atoms with Crippen LogP contribution in [-0.4, -0.2) is 24.0 Å². The number of hydrogen-bond donors (Lipinski definition) is 2. The fourth-order valence-electron chi connectivity index (χ4n) is 1.29. The predicted octanol–water partition coefficient (Wildman–Crippen LogP) is 2.90. The maximum absolute atomic E-state index is 11.8. The van der Waals surface area contributed by atoms with Crippen LogP contribution in [0.1, 0.15) is 23.7 Å². The van der Waals surface area contributed by atoms with E-state index < -0.39 is 0 Å². The molecular weight excluding hydrogens is 300 g/mol. The monoisotopic (exact) mass is 316 g/mol. The lowest BCUT2D eigenvalue weighted by molar-refractivity contribution is 0.0953. The summed E-state index contributed by atoms with van der Waals surface area (Å²) in [5.74, 6) is -0.0718. The van der Waals surface area contributed by atoms with Gasteiger partial charge < -0.3 is 11.1 Å². The van der Waals surface area contributed by atoms with Crippen molar-refractivity contribution >= 4 is 39.3 Å². The molecule has 0 saturated carbocycles. The molecule has 1 unspecified atom stereocenters. The van der Waals surface area contributed by atoms with Crippen LogP contribution in [0.5, 0.6) is 0 Å². The van der Waals surface area contributed by atoms with Gasteiger partial charge in [-0.15, -0.1) is 0 Å². The van der Waals surface area contributed by atoms with Gasteiger partial charge in [0.15, 0.2) is 0 Å².